The molecule has 26 heavy (non-hydrogen) atoms. The molecule has 1 fully saturated rings. The van der Waals surface area contributed by atoms with Crippen molar-refractivity contribution in [3.8, 4) is 11.3 Å². The van der Waals surface area contributed by atoms with E-state index in [1.54, 1.807) is 11.3 Å². The van der Waals surface area contributed by atoms with E-state index in [0.29, 0.717) is 6.04 Å². The van der Waals surface area contributed by atoms with Crippen LogP contribution in [0.4, 0.5) is 5.69 Å². The van der Waals surface area contributed by atoms with Gasteiger partial charge in [-0.3, -0.25) is 4.68 Å². The Kier molecular flexibility index (Phi) is 5.32. The molecule has 0 N–H and O–H groups in total. The maximum Gasteiger partial charge on any atom is 0.0811 e. The van der Waals surface area contributed by atoms with Gasteiger partial charge in [0, 0.05) is 54.7 Å². The maximum absolute atomic E-state index is 4.44. The minimum Gasteiger partial charge on any atom is -0.371 e. The zero-order valence-electron chi connectivity index (χ0n) is 15.2. The summed E-state index contributed by atoms with van der Waals surface area (Å²) in [5.41, 5.74) is 5.49. The largest absolute Gasteiger partial charge is 0.371 e. The van der Waals surface area contributed by atoms with E-state index in [2.05, 4.69) is 56.6 Å². The van der Waals surface area contributed by atoms with Crippen molar-refractivity contribution < 1.29 is 0 Å². The van der Waals surface area contributed by atoms with Crippen molar-refractivity contribution in [2.75, 3.05) is 31.6 Å². The molecule has 0 amide bonds. The van der Waals surface area contributed by atoms with Gasteiger partial charge in [0.25, 0.3) is 0 Å². The van der Waals surface area contributed by atoms with E-state index >= 15 is 0 Å². The molecule has 5 nitrogen and oxygen atoms in total. The van der Waals surface area contributed by atoms with Crippen molar-refractivity contribution >= 4 is 17.0 Å². The van der Waals surface area contributed by atoms with Crippen LogP contribution < -0.4 is 4.90 Å². The van der Waals surface area contributed by atoms with E-state index in [1.807, 2.05) is 28.7 Å². The molecule has 1 aliphatic rings. The summed E-state index contributed by atoms with van der Waals surface area (Å²) in [7, 11) is 2.24. The van der Waals surface area contributed by atoms with Crippen LogP contribution in [0.25, 0.3) is 11.3 Å². The fourth-order valence-corrected chi connectivity index (χ4v) is 4.22. The van der Waals surface area contributed by atoms with E-state index < -0.39 is 0 Å². The number of rotatable bonds is 6. The Hall–Kier alpha value is -2.18. The highest BCUT2D eigenvalue weighted by Gasteiger charge is 2.22. The Morgan fingerprint density at radius 1 is 1.23 bits per heavy atom. The van der Waals surface area contributed by atoms with Gasteiger partial charge in [0.15, 0.2) is 0 Å². The minimum atomic E-state index is 0.656. The lowest BCUT2D eigenvalue weighted by Crippen LogP contribution is -2.44. The smallest absolute Gasteiger partial charge is 0.0811 e. The van der Waals surface area contributed by atoms with Crippen molar-refractivity contribution in [2.45, 2.75) is 25.4 Å². The van der Waals surface area contributed by atoms with Crippen LogP contribution in [0.15, 0.2) is 53.6 Å². The zero-order valence-corrected chi connectivity index (χ0v) is 16.0. The molecular weight excluding hydrogens is 342 g/mol. The predicted molar refractivity (Wildman–Crippen MR) is 108 cm³/mol. The average molecular weight is 368 g/mol. The molecular formula is C20H25N5S. The number of benzene rings is 1. The van der Waals surface area contributed by atoms with Gasteiger partial charge in [0.2, 0.25) is 0 Å². The van der Waals surface area contributed by atoms with Crippen LogP contribution in [-0.2, 0) is 6.54 Å². The summed E-state index contributed by atoms with van der Waals surface area (Å²) in [6.07, 6.45) is 6.29. The highest BCUT2D eigenvalue weighted by atomic mass is 32.1. The first kappa shape index (κ1) is 17.2. The van der Waals surface area contributed by atoms with E-state index in [-0.39, 0.29) is 0 Å². The Morgan fingerprint density at radius 3 is 2.85 bits per heavy atom. The minimum absolute atomic E-state index is 0.656. The summed E-state index contributed by atoms with van der Waals surface area (Å²) < 4.78 is 2.01. The van der Waals surface area contributed by atoms with Crippen molar-refractivity contribution in [1.82, 2.24) is 19.7 Å². The summed E-state index contributed by atoms with van der Waals surface area (Å²) >= 11 is 1.65. The van der Waals surface area contributed by atoms with Crippen LogP contribution in [0.3, 0.4) is 0 Å². The normalized spacial score (nSPS) is 15.7. The molecule has 136 valence electrons. The van der Waals surface area contributed by atoms with Gasteiger partial charge in [-0.15, -0.1) is 11.3 Å². The SMILES string of the molecule is CN(CCn1cccn1)C1CCN(c2cccc(-c3cscn3)c2)CC1. The molecule has 6 heteroatoms. The van der Waals surface area contributed by atoms with Crippen LogP contribution in [0, 0.1) is 0 Å². The number of nitrogens with zero attached hydrogens (tertiary/aromatic N) is 5. The predicted octanol–water partition coefficient (Wildman–Crippen LogP) is 3.61. The Bertz CT molecular complexity index is 791. The van der Waals surface area contributed by atoms with Crippen LogP contribution >= 0.6 is 11.3 Å². The van der Waals surface area contributed by atoms with Gasteiger partial charge in [0.1, 0.15) is 0 Å². The van der Waals surface area contributed by atoms with Crippen LogP contribution in [0.2, 0.25) is 0 Å². The number of piperidine rings is 1. The summed E-state index contributed by atoms with van der Waals surface area (Å²) in [6, 6.07) is 11.4. The lowest BCUT2D eigenvalue weighted by molar-refractivity contribution is 0.199. The van der Waals surface area contributed by atoms with Gasteiger partial charge in [0.05, 0.1) is 17.7 Å². The number of hydrogen-bond donors (Lipinski definition) is 0. The van der Waals surface area contributed by atoms with E-state index in [4.69, 9.17) is 0 Å². The second kappa shape index (κ2) is 8.01. The molecule has 0 spiro atoms. The molecule has 0 bridgehead atoms. The van der Waals surface area contributed by atoms with E-state index in [0.717, 1.165) is 31.9 Å². The summed E-state index contributed by atoms with van der Waals surface area (Å²) in [4.78, 5) is 9.43. The number of aromatic nitrogens is 3. The van der Waals surface area contributed by atoms with Crippen molar-refractivity contribution in [3.63, 3.8) is 0 Å². The summed E-state index contributed by atoms with van der Waals surface area (Å²) in [5.74, 6) is 0. The molecule has 3 heterocycles. The lowest BCUT2D eigenvalue weighted by Gasteiger charge is -2.38. The van der Waals surface area contributed by atoms with Gasteiger partial charge in [-0.25, -0.2) is 4.98 Å². The topological polar surface area (TPSA) is 37.2 Å². The molecule has 0 radical (unpaired) electrons. The molecule has 1 aliphatic heterocycles. The lowest BCUT2D eigenvalue weighted by atomic mass is 10.0. The fraction of sp³-hybridized carbons (Fsp3) is 0.400. The Labute approximate surface area is 158 Å². The van der Waals surface area contributed by atoms with Crippen molar-refractivity contribution in [3.05, 3.63) is 53.6 Å². The monoisotopic (exact) mass is 367 g/mol. The quantitative estimate of drug-likeness (QED) is 0.667. The van der Waals surface area contributed by atoms with E-state index in [1.165, 1.54) is 24.1 Å². The molecule has 3 aromatic rings. The third kappa shape index (κ3) is 3.97. The van der Waals surface area contributed by atoms with Crippen molar-refractivity contribution in [1.29, 1.82) is 0 Å². The molecule has 1 saturated heterocycles. The molecule has 0 saturated carbocycles. The Balaban J connectivity index is 1.32. The van der Waals surface area contributed by atoms with Gasteiger partial charge in [-0.05, 0) is 38.1 Å². The number of hydrogen-bond acceptors (Lipinski definition) is 5. The summed E-state index contributed by atoms with van der Waals surface area (Å²) in [5, 5.41) is 6.40. The molecule has 0 unspecified atom stereocenters. The number of thiazole rings is 1. The van der Waals surface area contributed by atoms with Gasteiger partial charge in [-0.1, -0.05) is 12.1 Å². The molecule has 4 rings (SSSR count). The molecule has 0 aliphatic carbocycles. The number of anilines is 1. The fourth-order valence-electron chi connectivity index (χ4n) is 3.66. The maximum atomic E-state index is 4.44. The third-order valence-electron chi connectivity index (χ3n) is 5.27. The first-order valence-corrected chi connectivity index (χ1v) is 10.1. The Morgan fingerprint density at radius 2 is 2.12 bits per heavy atom. The van der Waals surface area contributed by atoms with Crippen LogP contribution in [0.1, 0.15) is 12.8 Å². The molecule has 2 aromatic heterocycles. The second-order valence-electron chi connectivity index (χ2n) is 6.89. The van der Waals surface area contributed by atoms with Gasteiger partial charge in [-0.2, -0.15) is 5.10 Å². The first-order chi connectivity index (χ1) is 12.8. The van der Waals surface area contributed by atoms with Gasteiger partial charge < -0.3 is 9.80 Å². The first-order valence-electron chi connectivity index (χ1n) is 9.21. The van der Waals surface area contributed by atoms with Crippen LogP contribution in [-0.4, -0.2) is 52.4 Å². The molecule has 1 aromatic carbocycles. The third-order valence-corrected chi connectivity index (χ3v) is 5.85. The van der Waals surface area contributed by atoms with Crippen LogP contribution in [0.5, 0.6) is 0 Å². The average Bonchev–Trinajstić information content (AvgIpc) is 3.40. The summed E-state index contributed by atoms with van der Waals surface area (Å²) in [6.45, 7) is 4.22. The molecule has 0 atom stereocenters. The zero-order chi connectivity index (χ0) is 17.8. The number of likely N-dealkylation sites (N-methyl/N-ethyl adjacent to an activating group) is 1. The highest BCUT2D eigenvalue weighted by Crippen LogP contribution is 2.27. The standard InChI is InChI=1S/C20H25N5S/c1-23(12-13-25-9-3-8-22-25)18-6-10-24(11-7-18)19-5-2-4-17(14-19)20-15-26-16-21-20/h2-5,8-9,14-16,18H,6-7,10-13H2,1H3. The van der Waals surface area contributed by atoms with E-state index in [9.17, 15) is 0 Å². The van der Waals surface area contributed by atoms with Crippen molar-refractivity contribution in [2.24, 2.45) is 0 Å². The highest BCUT2D eigenvalue weighted by molar-refractivity contribution is 7.07. The van der Waals surface area contributed by atoms with Gasteiger partial charge >= 0.3 is 0 Å². The second-order valence-corrected chi connectivity index (χ2v) is 7.61.